The number of rotatable bonds is 6. The Morgan fingerprint density at radius 3 is 3.06 bits per heavy atom. The summed E-state index contributed by atoms with van der Waals surface area (Å²) in [7, 11) is 0. The van der Waals surface area contributed by atoms with E-state index in [9.17, 15) is 4.79 Å². The highest BCUT2D eigenvalue weighted by atomic mass is 16.4. The molecule has 0 aromatic carbocycles. The summed E-state index contributed by atoms with van der Waals surface area (Å²) in [5.41, 5.74) is -0.0307. The molecule has 0 saturated heterocycles. The first-order chi connectivity index (χ1) is 7.74. The van der Waals surface area contributed by atoms with Gasteiger partial charge in [-0.3, -0.25) is 4.68 Å². The lowest BCUT2D eigenvalue weighted by atomic mass is 10.4. The van der Waals surface area contributed by atoms with Crippen molar-refractivity contribution in [2.45, 2.75) is 19.9 Å². The molecule has 0 aliphatic rings. The second-order valence-corrected chi connectivity index (χ2v) is 3.10. The molecule has 1 aromatic rings. The summed E-state index contributed by atoms with van der Waals surface area (Å²) in [5.74, 6) is 4.69. The fourth-order valence-corrected chi connectivity index (χ4v) is 1.10. The Hall–Kier alpha value is -1.87. The van der Waals surface area contributed by atoms with Gasteiger partial charge in [0, 0.05) is 19.5 Å². The Morgan fingerprint density at radius 1 is 1.62 bits per heavy atom. The summed E-state index contributed by atoms with van der Waals surface area (Å²) in [6.07, 6.45) is 2.23. The molecule has 86 valence electrons. The smallest absolute Gasteiger partial charge is 0.358 e. The van der Waals surface area contributed by atoms with Gasteiger partial charge in [0.05, 0.1) is 12.7 Å². The van der Waals surface area contributed by atoms with Gasteiger partial charge >= 0.3 is 5.97 Å². The van der Waals surface area contributed by atoms with E-state index < -0.39 is 5.97 Å². The van der Waals surface area contributed by atoms with Crippen LogP contribution in [0.4, 0.5) is 0 Å². The van der Waals surface area contributed by atoms with Crippen molar-refractivity contribution in [3.63, 3.8) is 0 Å². The van der Waals surface area contributed by atoms with E-state index >= 15 is 0 Å². The quantitative estimate of drug-likeness (QED) is 0.522. The number of nitrogens with one attached hydrogen (secondary N) is 1. The standard InChI is InChI=1S/C10H14N4O2/c1-2-3-4-5-11-6-7-14-8-9(10(15)16)12-13-14/h8,11H,4-7H2,1H3,(H,15,16). The monoisotopic (exact) mass is 222 g/mol. The van der Waals surface area contributed by atoms with E-state index in [2.05, 4.69) is 27.5 Å². The largest absolute Gasteiger partial charge is 0.476 e. The highest BCUT2D eigenvalue weighted by Gasteiger charge is 2.07. The number of nitrogens with zero attached hydrogens (tertiary/aromatic N) is 3. The lowest BCUT2D eigenvalue weighted by molar-refractivity contribution is 0.0690. The number of hydrogen-bond donors (Lipinski definition) is 2. The highest BCUT2D eigenvalue weighted by molar-refractivity contribution is 5.84. The lowest BCUT2D eigenvalue weighted by Gasteiger charge is -2.01. The Morgan fingerprint density at radius 2 is 2.44 bits per heavy atom. The van der Waals surface area contributed by atoms with Crippen molar-refractivity contribution in [1.29, 1.82) is 0 Å². The summed E-state index contributed by atoms with van der Waals surface area (Å²) in [6.45, 7) is 3.94. The molecule has 0 amide bonds. The minimum atomic E-state index is -1.06. The van der Waals surface area contributed by atoms with Crippen molar-refractivity contribution in [1.82, 2.24) is 20.3 Å². The maximum Gasteiger partial charge on any atom is 0.358 e. The molecule has 0 aliphatic carbocycles. The van der Waals surface area contributed by atoms with Gasteiger partial charge in [0.1, 0.15) is 0 Å². The topological polar surface area (TPSA) is 80.0 Å². The van der Waals surface area contributed by atoms with Crippen LogP contribution in [0.15, 0.2) is 6.20 Å². The van der Waals surface area contributed by atoms with E-state index in [0.29, 0.717) is 13.1 Å². The average molecular weight is 222 g/mol. The van der Waals surface area contributed by atoms with Crippen molar-refractivity contribution in [2.24, 2.45) is 0 Å². The van der Waals surface area contributed by atoms with E-state index in [0.717, 1.165) is 13.0 Å². The molecule has 0 bridgehead atoms. The number of carboxylic acid groups (broad SMARTS) is 1. The van der Waals surface area contributed by atoms with E-state index in [1.807, 2.05) is 6.92 Å². The van der Waals surface area contributed by atoms with Crippen molar-refractivity contribution < 1.29 is 9.90 Å². The summed E-state index contributed by atoms with van der Waals surface area (Å²) in [6, 6.07) is 0. The van der Waals surface area contributed by atoms with E-state index in [-0.39, 0.29) is 5.69 Å². The van der Waals surface area contributed by atoms with Gasteiger partial charge in [0.15, 0.2) is 5.69 Å². The van der Waals surface area contributed by atoms with Crippen molar-refractivity contribution in [3.05, 3.63) is 11.9 Å². The molecule has 0 fully saturated rings. The number of aromatic nitrogens is 3. The SMILES string of the molecule is CC#CCCNCCn1cc(C(=O)O)nn1. The van der Waals surface area contributed by atoms with Gasteiger partial charge in [0.25, 0.3) is 0 Å². The predicted octanol–water partition coefficient (Wildman–Crippen LogP) is -0.0207. The first-order valence-electron chi connectivity index (χ1n) is 4.98. The van der Waals surface area contributed by atoms with Gasteiger partial charge in [-0.25, -0.2) is 4.79 Å². The molecule has 0 radical (unpaired) electrons. The van der Waals surface area contributed by atoms with Crippen LogP contribution < -0.4 is 5.32 Å². The normalized spacial score (nSPS) is 9.56. The molecule has 0 aliphatic heterocycles. The molecule has 1 heterocycles. The third-order valence-corrected chi connectivity index (χ3v) is 1.88. The van der Waals surface area contributed by atoms with Gasteiger partial charge in [0.2, 0.25) is 0 Å². The van der Waals surface area contributed by atoms with Crippen LogP contribution in [0.2, 0.25) is 0 Å². The minimum absolute atomic E-state index is 0.0307. The summed E-state index contributed by atoms with van der Waals surface area (Å²) >= 11 is 0. The zero-order valence-corrected chi connectivity index (χ0v) is 9.10. The van der Waals surface area contributed by atoms with Gasteiger partial charge < -0.3 is 10.4 Å². The van der Waals surface area contributed by atoms with E-state index in [1.165, 1.54) is 10.9 Å². The summed E-state index contributed by atoms with van der Waals surface area (Å²) < 4.78 is 1.50. The summed E-state index contributed by atoms with van der Waals surface area (Å²) in [4.78, 5) is 10.5. The predicted molar refractivity (Wildman–Crippen MR) is 57.9 cm³/mol. The van der Waals surface area contributed by atoms with Crippen molar-refractivity contribution in [2.75, 3.05) is 13.1 Å². The van der Waals surface area contributed by atoms with Crippen LogP contribution in [0.3, 0.4) is 0 Å². The molecule has 0 atom stereocenters. The first kappa shape index (κ1) is 12.2. The maximum atomic E-state index is 10.5. The van der Waals surface area contributed by atoms with Crippen LogP contribution in [-0.2, 0) is 6.54 Å². The minimum Gasteiger partial charge on any atom is -0.476 e. The maximum absolute atomic E-state index is 10.5. The van der Waals surface area contributed by atoms with E-state index in [1.54, 1.807) is 0 Å². The third kappa shape index (κ3) is 4.11. The first-order valence-corrected chi connectivity index (χ1v) is 4.98. The van der Waals surface area contributed by atoms with Crippen LogP contribution in [0.5, 0.6) is 0 Å². The Balaban J connectivity index is 2.21. The molecule has 0 saturated carbocycles. The molecule has 1 aromatic heterocycles. The number of carboxylic acids is 1. The number of hydrogen-bond acceptors (Lipinski definition) is 4. The summed E-state index contributed by atoms with van der Waals surface area (Å²) in [5, 5.41) is 19.0. The molecule has 0 unspecified atom stereocenters. The van der Waals surface area contributed by atoms with Gasteiger partial charge in [-0.2, -0.15) is 0 Å². The molecular formula is C10H14N4O2. The van der Waals surface area contributed by atoms with Gasteiger partial charge in [-0.1, -0.05) is 5.21 Å². The zero-order valence-electron chi connectivity index (χ0n) is 9.10. The van der Waals surface area contributed by atoms with Crippen LogP contribution in [-0.4, -0.2) is 39.2 Å². The fraction of sp³-hybridized carbons (Fsp3) is 0.500. The third-order valence-electron chi connectivity index (χ3n) is 1.88. The number of aromatic carboxylic acids is 1. The second kappa shape index (κ2) is 6.58. The van der Waals surface area contributed by atoms with Crippen LogP contribution >= 0.6 is 0 Å². The average Bonchev–Trinajstić information content (AvgIpc) is 2.72. The second-order valence-electron chi connectivity index (χ2n) is 3.10. The molecule has 1 rings (SSSR count). The van der Waals surface area contributed by atoms with E-state index in [4.69, 9.17) is 5.11 Å². The molecule has 6 nitrogen and oxygen atoms in total. The number of carbonyl (C=O) groups is 1. The highest BCUT2D eigenvalue weighted by Crippen LogP contribution is 1.91. The van der Waals surface area contributed by atoms with Gasteiger partial charge in [-0.05, 0) is 6.92 Å². The Kier molecular flexibility index (Phi) is 5.02. The molecule has 6 heteroatoms. The van der Waals surface area contributed by atoms with Gasteiger partial charge in [-0.15, -0.1) is 16.9 Å². The van der Waals surface area contributed by atoms with Crippen molar-refractivity contribution in [3.8, 4) is 11.8 Å². The van der Waals surface area contributed by atoms with Crippen molar-refractivity contribution >= 4 is 5.97 Å². The molecular weight excluding hydrogens is 208 g/mol. The van der Waals surface area contributed by atoms with Crippen LogP contribution in [0, 0.1) is 11.8 Å². The zero-order chi connectivity index (χ0) is 11.8. The van der Waals surface area contributed by atoms with Crippen LogP contribution in [0.25, 0.3) is 0 Å². The lowest BCUT2D eigenvalue weighted by Crippen LogP contribution is -2.21. The Labute approximate surface area is 93.7 Å². The van der Waals surface area contributed by atoms with Crippen LogP contribution in [0.1, 0.15) is 23.8 Å². The molecule has 0 spiro atoms. The Bertz CT molecular complexity index is 402. The molecule has 2 N–H and O–H groups in total. The molecule has 16 heavy (non-hydrogen) atoms. The fourth-order valence-electron chi connectivity index (χ4n) is 1.10.